The molecule has 0 unspecified atom stereocenters. The highest BCUT2D eigenvalue weighted by molar-refractivity contribution is 6.06. The van der Waals surface area contributed by atoms with Crippen molar-refractivity contribution in [3.05, 3.63) is 42.5 Å². The Labute approximate surface area is 195 Å². The molecule has 0 saturated heterocycles. The van der Waals surface area contributed by atoms with Gasteiger partial charge < -0.3 is 14.2 Å². The number of benzene rings is 2. The van der Waals surface area contributed by atoms with Gasteiger partial charge in [0.2, 0.25) is 0 Å². The van der Waals surface area contributed by atoms with Gasteiger partial charge in [-0.05, 0) is 73.8 Å². The van der Waals surface area contributed by atoms with E-state index in [1.807, 2.05) is 18.2 Å². The highest BCUT2D eigenvalue weighted by Gasteiger charge is 2.41. The second kappa shape index (κ2) is 9.29. The molecule has 0 fully saturated rings. The summed E-state index contributed by atoms with van der Waals surface area (Å²) >= 11 is 0. The van der Waals surface area contributed by atoms with E-state index >= 15 is 0 Å². The number of hydrazine groups is 1. The summed E-state index contributed by atoms with van der Waals surface area (Å²) < 4.78 is 16.5. The highest BCUT2D eigenvalue weighted by Crippen LogP contribution is 2.31. The van der Waals surface area contributed by atoms with E-state index in [0.29, 0.717) is 10.4 Å². The van der Waals surface area contributed by atoms with Gasteiger partial charge in [0.15, 0.2) is 0 Å². The average Bonchev–Trinajstić information content (AvgIpc) is 2.61. The molecule has 2 rings (SSSR count). The van der Waals surface area contributed by atoms with E-state index in [1.54, 1.807) is 86.6 Å². The third kappa shape index (κ3) is 7.37. The molecule has 0 aliphatic carbocycles. The van der Waals surface area contributed by atoms with Crippen molar-refractivity contribution in [2.75, 3.05) is 5.01 Å². The van der Waals surface area contributed by atoms with Crippen LogP contribution in [0.5, 0.6) is 0 Å². The molecular formula is C25H34N2O6. The lowest BCUT2D eigenvalue weighted by molar-refractivity contribution is -0.00659. The van der Waals surface area contributed by atoms with Crippen LogP contribution in [0, 0.1) is 0 Å². The summed E-state index contributed by atoms with van der Waals surface area (Å²) in [7, 11) is 0. The van der Waals surface area contributed by atoms with Crippen LogP contribution in [0.25, 0.3) is 10.8 Å². The maximum Gasteiger partial charge on any atom is 0.440 e. The number of carbonyl (C=O) groups is 3. The van der Waals surface area contributed by atoms with Gasteiger partial charge in [-0.2, -0.15) is 5.01 Å². The Hall–Kier alpha value is -3.29. The van der Waals surface area contributed by atoms with Crippen LogP contribution in [0.3, 0.4) is 0 Å². The number of amides is 3. The Morgan fingerprint density at radius 1 is 0.606 bits per heavy atom. The maximum absolute atomic E-state index is 13.4. The minimum atomic E-state index is -1.07. The van der Waals surface area contributed by atoms with Gasteiger partial charge in [-0.25, -0.2) is 14.4 Å². The molecule has 8 heteroatoms. The van der Waals surface area contributed by atoms with Crippen molar-refractivity contribution < 1.29 is 28.6 Å². The van der Waals surface area contributed by atoms with Crippen LogP contribution >= 0.6 is 0 Å². The summed E-state index contributed by atoms with van der Waals surface area (Å²) in [6, 6.07) is 12.5. The topological polar surface area (TPSA) is 85.4 Å². The summed E-state index contributed by atoms with van der Waals surface area (Å²) in [4.78, 5) is 40.0. The molecule has 8 nitrogen and oxygen atoms in total. The van der Waals surface area contributed by atoms with Gasteiger partial charge in [0.1, 0.15) is 16.8 Å². The minimum Gasteiger partial charge on any atom is -0.442 e. The molecule has 0 aliphatic rings. The van der Waals surface area contributed by atoms with Gasteiger partial charge in [0.05, 0.1) is 5.69 Å². The average molecular weight is 459 g/mol. The number of hydrogen-bond acceptors (Lipinski definition) is 6. The third-order valence-corrected chi connectivity index (χ3v) is 3.89. The second-order valence-electron chi connectivity index (χ2n) is 10.6. The van der Waals surface area contributed by atoms with Crippen LogP contribution in [0.4, 0.5) is 20.1 Å². The molecule has 0 atom stereocenters. The van der Waals surface area contributed by atoms with Gasteiger partial charge >= 0.3 is 18.3 Å². The molecular weight excluding hydrogens is 424 g/mol. The number of carbonyl (C=O) groups excluding carboxylic acids is 3. The fourth-order valence-electron chi connectivity index (χ4n) is 2.83. The van der Waals surface area contributed by atoms with Gasteiger partial charge in [0, 0.05) is 5.39 Å². The second-order valence-corrected chi connectivity index (χ2v) is 10.6. The Morgan fingerprint density at radius 3 is 1.52 bits per heavy atom. The Kier molecular flexibility index (Phi) is 7.31. The monoisotopic (exact) mass is 458 g/mol. The third-order valence-electron chi connectivity index (χ3n) is 3.89. The summed E-state index contributed by atoms with van der Waals surface area (Å²) in [6.07, 6.45) is -3.08. The quantitative estimate of drug-likeness (QED) is 0.350. The van der Waals surface area contributed by atoms with Crippen molar-refractivity contribution >= 4 is 34.7 Å². The molecule has 180 valence electrons. The van der Waals surface area contributed by atoms with Crippen molar-refractivity contribution in [1.82, 2.24) is 5.01 Å². The predicted octanol–water partition coefficient (Wildman–Crippen LogP) is 6.67. The van der Waals surface area contributed by atoms with Gasteiger partial charge in [-0.3, -0.25) is 0 Å². The summed E-state index contributed by atoms with van der Waals surface area (Å²) in [5.41, 5.74) is -2.50. The lowest BCUT2D eigenvalue weighted by Gasteiger charge is -2.36. The fraction of sp³-hybridized carbons (Fsp3) is 0.480. The van der Waals surface area contributed by atoms with E-state index in [4.69, 9.17) is 14.2 Å². The first-order valence-electron chi connectivity index (χ1n) is 10.8. The largest absolute Gasteiger partial charge is 0.442 e. The van der Waals surface area contributed by atoms with Gasteiger partial charge in [-0.1, -0.05) is 36.4 Å². The van der Waals surface area contributed by atoms with Crippen LogP contribution in [-0.4, -0.2) is 40.1 Å². The molecule has 0 radical (unpaired) electrons. The lowest BCUT2D eigenvalue weighted by Crippen LogP contribution is -2.56. The number of rotatable bonds is 1. The normalized spacial score (nSPS) is 12.2. The molecule has 0 saturated carbocycles. The molecule has 0 heterocycles. The molecule has 33 heavy (non-hydrogen) atoms. The minimum absolute atomic E-state index is 0.263. The van der Waals surface area contributed by atoms with E-state index in [-0.39, 0.29) is 5.69 Å². The van der Waals surface area contributed by atoms with Crippen molar-refractivity contribution in [3.8, 4) is 0 Å². The standard InChI is InChI=1S/C25H34N2O6/c1-23(2,3)31-20(28)26(19-16-12-14-17-13-10-11-15-18(17)19)27(21(29)32-24(4,5)6)22(30)33-25(7,8)9/h10-16H,1-9H3. The van der Waals surface area contributed by atoms with Crippen LogP contribution in [0.15, 0.2) is 42.5 Å². The fourth-order valence-corrected chi connectivity index (χ4v) is 2.83. The van der Waals surface area contributed by atoms with Crippen LogP contribution in [0.2, 0.25) is 0 Å². The number of anilines is 1. The SMILES string of the molecule is CC(C)(C)OC(=O)N(C(=O)OC(C)(C)C)N(C(=O)OC(C)(C)C)c1cccc2ccccc12. The molecule has 0 bridgehead atoms. The van der Waals surface area contributed by atoms with E-state index in [1.165, 1.54) is 0 Å². The van der Waals surface area contributed by atoms with Crippen molar-refractivity contribution in [2.24, 2.45) is 0 Å². The molecule has 0 aromatic heterocycles. The van der Waals surface area contributed by atoms with E-state index in [9.17, 15) is 14.4 Å². The number of nitrogens with zero attached hydrogens (tertiary/aromatic N) is 2. The van der Waals surface area contributed by atoms with Crippen LogP contribution in [0.1, 0.15) is 62.3 Å². The van der Waals surface area contributed by atoms with Crippen molar-refractivity contribution in [2.45, 2.75) is 79.1 Å². The van der Waals surface area contributed by atoms with Gasteiger partial charge in [0.25, 0.3) is 0 Å². The molecule has 0 spiro atoms. The van der Waals surface area contributed by atoms with Crippen molar-refractivity contribution in [1.29, 1.82) is 0 Å². The number of imide groups is 1. The predicted molar refractivity (Wildman–Crippen MR) is 127 cm³/mol. The van der Waals surface area contributed by atoms with E-state index < -0.39 is 35.1 Å². The van der Waals surface area contributed by atoms with E-state index in [0.717, 1.165) is 10.4 Å². The van der Waals surface area contributed by atoms with Crippen molar-refractivity contribution in [3.63, 3.8) is 0 Å². The summed E-state index contributed by atoms with van der Waals surface area (Å²) in [5.74, 6) is 0. The highest BCUT2D eigenvalue weighted by atomic mass is 16.6. The Morgan fingerprint density at radius 2 is 1.03 bits per heavy atom. The molecule has 2 aromatic carbocycles. The Bertz CT molecular complexity index is 994. The zero-order valence-corrected chi connectivity index (χ0v) is 20.9. The Balaban J connectivity index is 2.74. The molecule has 0 aliphatic heterocycles. The summed E-state index contributed by atoms with van der Waals surface area (Å²) in [6.45, 7) is 15.0. The first kappa shape index (κ1) is 26.0. The molecule has 2 aromatic rings. The first-order chi connectivity index (χ1) is 15.0. The molecule has 0 N–H and O–H groups in total. The lowest BCUT2D eigenvalue weighted by atomic mass is 10.1. The number of ether oxygens (including phenoxy) is 3. The number of hydrogen-bond donors (Lipinski definition) is 0. The number of fused-ring (bicyclic) bond motifs is 1. The van der Waals surface area contributed by atoms with Crippen LogP contribution in [-0.2, 0) is 14.2 Å². The first-order valence-corrected chi connectivity index (χ1v) is 10.8. The summed E-state index contributed by atoms with van der Waals surface area (Å²) in [5, 5.41) is 2.85. The zero-order valence-electron chi connectivity index (χ0n) is 20.9. The van der Waals surface area contributed by atoms with Crippen LogP contribution < -0.4 is 5.01 Å². The molecule has 3 amide bonds. The smallest absolute Gasteiger partial charge is 0.440 e. The van der Waals surface area contributed by atoms with Gasteiger partial charge in [-0.15, -0.1) is 5.01 Å². The maximum atomic E-state index is 13.4. The van der Waals surface area contributed by atoms with E-state index in [2.05, 4.69) is 0 Å². The zero-order chi connectivity index (χ0) is 25.2.